The summed E-state index contributed by atoms with van der Waals surface area (Å²) in [4.78, 5) is 11.0. The minimum Gasteiger partial charge on any atom is -0.494 e. The molecular weight excluding hydrogens is 290 g/mol. The molecule has 0 spiro atoms. The van der Waals surface area contributed by atoms with Crippen LogP contribution in [0.5, 0.6) is 11.5 Å². The fraction of sp³-hybridized carbons (Fsp3) is 0.357. The van der Waals surface area contributed by atoms with Crippen LogP contribution in [0.15, 0.2) is 28.4 Å². The number of ether oxygens (including phenoxy) is 2. The molecule has 1 saturated heterocycles. The number of nitrogens with one attached hydrogen (secondary N) is 1. The van der Waals surface area contributed by atoms with Gasteiger partial charge >= 0.3 is 0 Å². The Morgan fingerprint density at radius 2 is 1.90 bits per heavy atom. The highest BCUT2D eigenvalue weighted by Crippen LogP contribution is 2.22. The molecular formula is C14H17N3O3S. The number of benzene rings is 1. The minimum atomic E-state index is -0.0501. The Hall–Kier alpha value is -2.02. The molecule has 0 aliphatic carbocycles. The van der Waals surface area contributed by atoms with Crippen LogP contribution in [0.25, 0.3) is 0 Å². The van der Waals surface area contributed by atoms with Crippen molar-refractivity contribution in [3.63, 3.8) is 0 Å². The van der Waals surface area contributed by atoms with Crippen LogP contribution in [0.2, 0.25) is 0 Å². The van der Waals surface area contributed by atoms with Gasteiger partial charge in [-0.1, -0.05) is 11.8 Å². The van der Waals surface area contributed by atoms with Gasteiger partial charge < -0.3 is 14.8 Å². The van der Waals surface area contributed by atoms with E-state index in [-0.39, 0.29) is 5.91 Å². The zero-order valence-corrected chi connectivity index (χ0v) is 12.8. The summed E-state index contributed by atoms with van der Waals surface area (Å²) < 4.78 is 11.0. The number of nitrogens with zero attached hydrogens (tertiary/aromatic N) is 2. The van der Waals surface area contributed by atoms with Gasteiger partial charge in [0.1, 0.15) is 11.5 Å². The van der Waals surface area contributed by atoms with Crippen molar-refractivity contribution in [3.05, 3.63) is 23.8 Å². The highest BCUT2D eigenvalue weighted by atomic mass is 32.2. The van der Waals surface area contributed by atoms with E-state index in [2.05, 4.69) is 15.5 Å². The smallest absolute Gasteiger partial charge is 0.236 e. The third-order valence-corrected chi connectivity index (χ3v) is 3.33. The van der Waals surface area contributed by atoms with Crippen LogP contribution in [0.3, 0.4) is 0 Å². The molecule has 1 aliphatic heterocycles. The third-order valence-electron chi connectivity index (χ3n) is 2.47. The molecule has 1 N–H and O–H groups in total. The molecule has 0 aromatic heterocycles. The lowest BCUT2D eigenvalue weighted by atomic mass is 10.2. The molecule has 7 heteroatoms. The lowest BCUT2D eigenvalue weighted by molar-refractivity contribution is -0.116. The van der Waals surface area contributed by atoms with Gasteiger partial charge in [0.25, 0.3) is 0 Å². The van der Waals surface area contributed by atoms with Crippen molar-refractivity contribution >= 4 is 29.1 Å². The molecule has 6 nitrogen and oxygen atoms in total. The van der Waals surface area contributed by atoms with Gasteiger partial charge in [0.2, 0.25) is 5.91 Å². The van der Waals surface area contributed by atoms with Crippen molar-refractivity contribution in [3.8, 4) is 11.5 Å². The molecule has 0 saturated carbocycles. The summed E-state index contributed by atoms with van der Waals surface area (Å²) in [6.45, 7) is 5.01. The second-order valence-corrected chi connectivity index (χ2v) is 5.05. The third kappa shape index (κ3) is 4.78. The van der Waals surface area contributed by atoms with E-state index in [0.717, 1.165) is 17.1 Å². The standard InChI is InChI=1S/C14H17N3O3S/c1-3-19-11-5-10(6-12(7-11)20-4-2)8-15-17-14-16-13(18)9-21-14/h5-8H,3-4,9H2,1-2H3,(H,16,17,18). The first-order chi connectivity index (χ1) is 10.2. The Bertz CT molecular complexity index is 548. The fourth-order valence-corrected chi connectivity index (χ4v) is 2.33. The second-order valence-electron chi connectivity index (χ2n) is 4.09. The second kappa shape index (κ2) is 7.68. The van der Waals surface area contributed by atoms with Gasteiger partial charge in [-0.3, -0.25) is 4.79 Å². The molecule has 1 amide bonds. The Labute approximate surface area is 127 Å². The van der Waals surface area contributed by atoms with Crippen LogP contribution < -0.4 is 14.8 Å². The largest absolute Gasteiger partial charge is 0.494 e. The van der Waals surface area contributed by atoms with Gasteiger partial charge in [-0.15, -0.1) is 5.10 Å². The summed E-state index contributed by atoms with van der Waals surface area (Å²) in [5.41, 5.74) is 0.822. The maximum absolute atomic E-state index is 11.0. The molecule has 1 heterocycles. The van der Waals surface area contributed by atoms with E-state index >= 15 is 0 Å². The van der Waals surface area contributed by atoms with Crippen molar-refractivity contribution in [1.82, 2.24) is 5.32 Å². The number of hydrogen-bond donors (Lipinski definition) is 1. The van der Waals surface area contributed by atoms with Crippen molar-refractivity contribution in [2.75, 3.05) is 19.0 Å². The van der Waals surface area contributed by atoms with Gasteiger partial charge in [0, 0.05) is 11.6 Å². The van der Waals surface area contributed by atoms with Crippen LogP contribution in [0.4, 0.5) is 0 Å². The van der Waals surface area contributed by atoms with E-state index in [9.17, 15) is 4.79 Å². The normalized spacial score (nSPS) is 16.5. The predicted octanol–water partition coefficient (Wildman–Crippen LogP) is 2.04. The van der Waals surface area contributed by atoms with E-state index in [0.29, 0.717) is 24.1 Å². The summed E-state index contributed by atoms with van der Waals surface area (Å²) >= 11 is 1.33. The zero-order chi connectivity index (χ0) is 15.1. The molecule has 1 aromatic carbocycles. The lowest BCUT2D eigenvalue weighted by Crippen LogP contribution is -2.19. The number of carbonyl (C=O) groups is 1. The molecule has 2 rings (SSSR count). The number of carbonyl (C=O) groups excluding carboxylic acids is 1. The number of hydrogen-bond acceptors (Lipinski definition) is 6. The first kappa shape index (κ1) is 15.4. The number of thioether (sulfide) groups is 1. The molecule has 1 aliphatic rings. The lowest BCUT2D eigenvalue weighted by Gasteiger charge is -2.08. The van der Waals surface area contributed by atoms with Crippen molar-refractivity contribution < 1.29 is 14.3 Å². The van der Waals surface area contributed by atoms with E-state index < -0.39 is 0 Å². The summed E-state index contributed by atoms with van der Waals surface area (Å²) in [6, 6.07) is 5.55. The maximum atomic E-state index is 11.0. The summed E-state index contributed by atoms with van der Waals surface area (Å²) in [5.74, 6) is 1.79. The van der Waals surface area contributed by atoms with Crippen LogP contribution in [0.1, 0.15) is 19.4 Å². The Morgan fingerprint density at radius 1 is 1.24 bits per heavy atom. The number of rotatable bonds is 6. The summed E-state index contributed by atoms with van der Waals surface area (Å²) in [6.07, 6.45) is 1.60. The van der Waals surface area contributed by atoms with E-state index in [1.54, 1.807) is 6.21 Å². The molecule has 0 radical (unpaired) electrons. The maximum Gasteiger partial charge on any atom is 0.236 e. The molecule has 112 valence electrons. The monoisotopic (exact) mass is 307 g/mol. The van der Waals surface area contributed by atoms with Crippen molar-refractivity contribution in [2.45, 2.75) is 13.8 Å². The van der Waals surface area contributed by atoms with E-state index in [1.165, 1.54) is 11.8 Å². The molecule has 1 fully saturated rings. The molecule has 21 heavy (non-hydrogen) atoms. The Morgan fingerprint density at radius 3 is 2.43 bits per heavy atom. The van der Waals surface area contributed by atoms with E-state index in [4.69, 9.17) is 9.47 Å². The van der Waals surface area contributed by atoms with Crippen LogP contribution >= 0.6 is 11.8 Å². The van der Waals surface area contributed by atoms with Gasteiger partial charge in [-0.05, 0) is 26.0 Å². The van der Waals surface area contributed by atoms with Gasteiger partial charge in [-0.2, -0.15) is 5.10 Å². The molecule has 0 bridgehead atoms. The Balaban J connectivity index is 2.12. The minimum absolute atomic E-state index is 0.0501. The predicted molar refractivity (Wildman–Crippen MR) is 84.4 cm³/mol. The van der Waals surface area contributed by atoms with Gasteiger partial charge in [0.15, 0.2) is 5.17 Å². The van der Waals surface area contributed by atoms with Gasteiger partial charge in [0.05, 0.1) is 25.2 Å². The fourth-order valence-electron chi connectivity index (χ4n) is 1.70. The topological polar surface area (TPSA) is 72.3 Å². The first-order valence-corrected chi connectivity index (χ1v) is 7.64. The number of amidine groups is 1. The molecule has 0 unspecified atom stereocenters. The Kier molecular flexibility index (Phi) is 5.62. The van der Waals surface area contributed by atoms with E-state index in [1.807, 2.05) is 32.0 Å². The summed E-state index contributed by atoms with van der Waals surface area (Å²) in [7, 11) is 0. The van der Waals surface area contributed by atoms with Crippen LogP contribution in [0, 0.1) is 0 Å². The van der Waals surface area contributed by atoms with Crippen molar-refractivity contribution in [1.29, 1.82) is 0 Å². The molecule has 0 atom stereocenters. The molecule has 1 aromatic rings. The summed E-state index contributed by atoms with van der Waals surface area (Å²) in [5, 5.41) is 11.1. The van der Waals surface area contributed by atoms with Crippen LogP contribution in [-0.2, 0) is 4.79 Å². The first-order valence-electron chi connectivity index (χ1n) is 6.65. The van der Waals surface area contributed by atoms with Crippen LogP contribution in [-0.4, -0.2) is 36.3 Å². The highest BCUT2D eigenvalue weighted by Gasteiger charge is 2.15. The quantitative estimate of drug-likeness (QED) is 0.645. The number of amides is 1. The average molecular weight is 307 g/mol. The highest BCUT2D eigenvalue weighted by molar-refractivity contribution is 8.15. The van der Waals surface area contributed by atoms with Crippen molar-refractivity contribution in [2.24, 2.45) is 10.2 Å². The average Bonchev–Trinajstić information content (AvgIpc) is 2.85. The zero-order valence-electron chi connectivity index (χ0n) is 12.0. The SMILES string of the molecule is CCOc1cc(C=NN=C2NC(=O)CS2)cc(OCC)c1. The van der Waals surface area contributed by atoms with Gasteiger partial charge in [-0.25, -0.2) is 0 Å².